The lowest BCUT2D eigenvalue weighted by molar-refractivity contribution is -0.122. The summed E-state index contributed by atoms with van der Waals surface area (Å²) < 4.78 is 0. The van der Waals surface area contributed by atoms with Crippen molar-refractivity contribution in [2.24, 2.45) is 16.8 Å². The largest absolute Gasteiger partial charge is 0.356 e. The van der Waals surface area contributed by atoms with E-state index < -0.39 is 0 Å². The van der Waals surface area contributed by atoms with Gasteiger partial charge in [-0.25, -0.2) is 0 Å². The second-order valence-electron chi connectivity index (χ2n) is 5.17. The Bertz CT molecular complexity index is 290. The third kappa shape index (κ3) is 9.07. The Morgan fingerprint density at radius 1 is 1.16 bits per heavy atom. The Balaban J connectivity index is 0.00000324. The zero-order valence-corrected chi connectivity index (χ0v) is 14.5. The first kappa shape index (κ1) is 18.5. The van der Waals surface area contributed by atoms with Crippen molar-refractivity contribution in [2.75, 3.05) is 26.7 Å². The van der Waals surface area contributed by atoms with E-state index >= 15 is 0 Å². The summed E-state index contributed by atoms with van der Waals surface area (Å²) >= 11 is 0. The Hall–Kier alpha value is -0.530. The molecule has 1 aliphatic rings. The second-order valence-corrected chi connectivity index (χ2v) is 5.17. The molecule has 1 saturated carbocycles. The number of carbonyl (C=O) groups is 1. The number of guanidine groups is 1. The van der Waals surface area contributed by atoms with Crippen molar-refractivity contribution in [3.05, 3.63) is 0 Å². The van der Waals surface area contributed by atoms with E-state index in [1.807, 2.05) is 0 Å². The van der Waals surface area contributed by atoms with Crippen LogP contribution >= 0.6 is 24.0 Å². The van der Waals surface area contributed by atoms with Gasteiger partial charge in [-0.3, -0.25) is 9.79 Å². The number of halogens is 1. The van der Waals surface area contributed by atoms with Gasteiger partial charge >= 0.3 is 0 Å². The van der Waals surface area contributed by atoms with E-state index in [4.69, 9.17) is 0 Å². The van der Waals surface area contributed by atoms with E-state index in [9.17, 15) is 4.79 Å². The number of rotatable bonds is 7. The molecule has 0 heterocycles. The van der Waals surface area contributed by atoms with Gasteiger partial charge in [-0.05, 0) is 25.2 Å². The summed E-state index contributed by atoms with van der Waals surface area (Å²) in [4.78, 5) is 15.5. The third-order valence-corrected chi connectivity index (χ3v) is 2.90. The first-order valence-corrected chi connectivity index (χ1v) is 6.85. The van der Waals surface area contributed by atoms with Crippen molar-refractivity contribution < 1.29 is 4.79 Å². The quantitative estimate of drug-likeness (QED) is 0.270. The Kier molecular flexibility index (Phi) is 9.99. The zero-order valence-electron chi connectivity index (χ0n) is 12.2. The fourth-order valence-electron chi connectivity index (χ4n) is 1.56. The lowest BCUT2D eigenvalue weighted by Crippen LogP contribution is -2.42. The number of hydrogen-bond donors (Lipinski definition) is 3. The molecule has 3 N–H and O–H groups in total. The summed E-state index contributed by atoms with van der Waals surface area (Å²) in [6.07, 6.45) is 3.23. The fourth-order valence-corrected chi connectivity index (χ4v) is 1.56. The molecule has 6 heteroatoms. The maximum absolute atomic E-state index is 11.4. The molecule has 0 spiro atoms. The third-order valence-electron chi connectivity index (χ3n) is 2.90. The van der Waals surface area contributed by atoms with Gasteiger partial charge in [-0.1, -0.05) is 13.8 Å². The molecule has 0 unspecified atom stereocenters. The molecule has 1 aliphatic carbocycles. The molecule has 0 bridgehead atoms. The van der Waals surface area contributed by atoms with Crippen molar-refractivity contribution in [1.82, 2.24) is 16.0 Å². The van der Waals surface area contributed by atoms with Gasteiger partial charge in [-0.15, -0.1) is 24.0 Å². The van der Waals surface area contributed by atoms with Crippen molar-refractivity contribution in [3.63, 3.8) is 0 Å². The summed E-state index contributed by atoms with van der Waals surface area (Å²) in [5.74, 6) is 1.97. The van der Waals surface area contributed by atoms with E-state index in [-0.39, 0.29) is 35.8 Å². The maximum atomic E-state index is 11.4. The van der Waals surface area contributed by atoms with Crippen LogP contribution in [0, 0.1) is 11.8 Å². The van der Waals surface area contributed by atoms with E-state index in [0.717, 1.165) is 31.8 Å². The summed E-state index contributed by atoms with van der Waals surface area (Å²) in [7, 11) is 1.76. The molecule has 0 atom stereocenters. The lowest BCUT2D eigenvalue weighted by Gasteiger charge is -2.13. The van der Waals surface area contributed by atoms with Crippen LogP contribution in [0.1, 0.15) is 33.1 Å². The molecule has 0 aromatic heterocycles. The van der Waals surface area contributed by atoms with Crippen LogP contribution in [0.2, 0.25) is 0 Å². The van der Waals surface area contributed by atoms with Crippen molar-refractivity contribution in [2.45, 2.75) is 33.1 Å². The van der Waals surface area contributed by atoms with Gasteiger partial charge in [-0.2, -0.15) is 0 Å². The maximum Gasteiger partial charge on any atom is 0.223 e. The predicted molar refractivity (Wildman–Crippen MR) is 90.0 cm³/mol. The molecule has 0 aromatic rings. The number of nitrogens with zero attached hydrogens (tertiary/aromatic N) is 1. The molecule has 112 valence electrons. The number of aliphatic imine (C=N–C) groups is 1. The average molecular weight is 382 g/mol. The first-order valence-electron chi connectivity index (χ1n) is 6.85. The molecule has 19 heavy (non-hydrogen) atoms. The Morgan fingerprint density at radius 2 is 1.74 bits per heavy atom. The van der Waals surface area contributed by atoms with Gasteiger partial charge in [0, 0.05) is 32.6 Å². The Morgan fingerprint density at radius 3 is 2.26 bits per heavy atom. The Labute approximate surface area is 133 Å². The summed E-state index contributed by atoms with van der Waals surface area (Å²) in [6, 6.07) is 0. The van der Waals surface area contributed by atoms with Crippen LogP contribution in [0.4, 0.5) is 0 Å². The minimum atomic E-state index is 0. The highest BCUT2D eigenvalue weighted by Gasteiger charge is 2.28. The molecule has 0 aliphatic heterocycles. The van der Waals surface area contributed by atoms with Crippen LogP contribution in [0.25, 0.3) is 0 Å². The smallest absolute Gasteiger partial charge is 0.223 e. The van der Waals surface area contributed by atoms with Gasteiger partial charge in [0.15, 0.2) is 5.96 Å². The van der Waals surface area contributed by atoms with Crippen LogP contribution in [-0.4, -0.2) is 38.5 Å². The monoisotopic (exact) mass is 382 g/mol. The molecule has 5 nitrogen and oxygen atoms in total. The average Bonchev–Trinajstić information content (AvgIpc) is 3.15. The second kappa shape index (κ2) is 10.3. The normalized spacial score (nSPS) is 14.8. The molecule has 0 radical (unpaired) electrons. The molecule has 0 aromatic carbocycles. The van der Waals surface area contributed by atoms with Gasteiger partial charge in [0.1, 0.15) is 0 Å². The van der Waals surface area contributed by atoms with Crippen molar-refractivity contribution in [1.29, 1.82) is 0 Å². The highest BCUT2D eigenvalue weighted by Crippen LogP contribution is 2.28. The molecular formula is C13H27IN4O. The molecule has 1 amide bonds. The van der Waals surface area contributed by atoms with Crippen LogP contribution < -0.4 is 16.0 Å². The standard InChI is InChI=1S/C13H26N4O.HI/c1-10(2)6-7-16-13(14-3)17-9-8-15-12(18)11-4-5-11;/h10-11H,4-9H2,1-3H3,(H,15,18)(H2,14,16,17);1H. The highest BCUT2D eigenvalue weighted by atomic mass is 127. The van der Waals surface area contributed by atoms with Gasteiger partial charge in [0.25, 0.3) is 0 Å². The molecule has 1 rings (SSSR count). The molecule has 0 saturated heterocycles. The van der Waals surface area contributed by atoms with E-state index in [1.165, 1.54) is 0 Å². The summed E-state index contributed by atoms with van der Waals surface area (Å²) in [6.45, 7) is 6.68. The van der Waals surface area contributed by atoms with Crippen LogP contribution in [0.15, 0.2) is 4.99 Å². The highest BCUT2D eigenvalue weighted by molar-refractivity contribution is 14.0. The topological polar surface area (TPSA) is 65.5 Å². The van der Waals surface area contributed by atoms with Gasteiger partial charge in [0.2, 0.25) is 5.91 Å². The number of hydrogen-bond acceptors (Lipinski definition) is 2. The minimum Gasteiger partial charge on any atom is -0.356 e. The predicted octanol–water partition coefficient (Wildman–Crippen LogP) is 1.34. The lowest BCUT2D eigenvalue weighted by atomic mass is 10.1. The van der Waals surface area contributed by atoms with Crippen molar-refractivity contribution >= 4 is 35.8 Å². The van der Waals surface area contributed by atoms with Gasteiger partial charge < -0.3 is 16.0 Å². The number of amides is 1. The van der Waals surface area contributed by atoms with Gasteiger partial charge in [0.05, 0.1) is 0 Å². The molecule has 1 fully saturated rings. The van der Waals surface area contributed by atoms with E-state index in [2.05, 4.69) is 34.8 Å². The SMILES string of the molecule is CN=C(NCCNC(=O)C1CC1)NCCC(C)C.I. The first-order chi connectivity index (χ1) is 8.63. The summed E-state index contributed by atoms with van der Waals surface area (Å²) in [5, 5.41) is 9.35. The van der Waals surface area contributed by atoms with Crippen LogP contribution in [0.5, 0.6) is 0 Å². The number of carbonyl (C=O) groups excluding carboxylic acids is 1. The van der Waals surface area contributed by atoms with Crippen LogP contribution in [0.3, 0.4) is 0 Å². The van der Waals surface area contributed by atoms with Crippen molar-refractivity contribution in [3.8, 4) is 0 Å². The summed E-state index contributed by atoms with van der Waals surface area (Å²) in [5.41, 5.74) is 0. The zero-order chi connectivity index (χ0) is 13.4. The molecular weight excluding hydrogens is 355 g/mol. The number of nitrogens with one attached hydrogen (secondary N) is 3. The van der Waals surface area contributed by atoms with E-state index in [1.54, 1.807) is 7.05 Å². The van der Waals surface area contributed by atoms with E-state index in [0.29, 0.717) is 19.0 Å². The minimum absolute atomic E-state index is 0. The van der Waals surface area contributed by atoms with Crippen LogP contribution in [-0.2, 0) is 4.79 Å². The fraction of sp³-hybridized carbons (Fsp3) is 0.846.